The van der Waals surface area contributed by atoms with Crippen molar-refractivity contribution in [2.45, 2.75) is 72.1 Å². The first kappa shape index (κ1) is 24.5. The van der Waals surface area contributed by atoms with Crippen molar-refractivity contribution in [2.24, 2.45) is 0 Å². The van der Waals surface area contributed by atoms with Crippen LogP contribution >= 0.6 is 0 Å². The van der Waals surface area contributed by atoms with E-state index in [1.54, 1.807) is 20.8 Å². The molecule has 0 aliphatic carbocycles. The van der Waals surface area contributed by atoms with Gasteiger partial charge in [-0.1, -0.05) is 43.7 Å². The molecule has 0 fully saturated rings. The Kier molecular flexibility index (Phi) is 9.65. The summed E-state index contributed by atoms with van der Waals surface area (Å²) < 4.78 is 5.19. The third-order valence-corrected chi connectivity index (χ3v) is 4.10. The number of hydrogen-bond donors (Lipinski definition) is 2. The minimum Gasteiger partial charge on any atom is -0.444 e. The van der Waals surface area contributed by atoms with E-state index in [2.05, 4.69) is 10.6 Å². The first-order chi connectivity index (χ1) is 13.6. The lowest BCUT2D eigenvalue weighted by Gasteiger charge is -2.34. The van der Waals surface area contributed by atoms with E-state index in [0.717, 1.165) is 18.4 Å². The molecule has 0 aromatic heterocycles. The monoisotopic (exact) mass is 405 g/mol. The summed E-state index contributed by atoms with van der Waals surface area (Å²) in [5.74, 6) is -0.589. The first-order valence-electron chi connectivity index (χ1n) is 10.2. The Morgan fingerprint density at radius 2 is 1.69 bits per heavy atom. The molecule has 29 heavy (non-hydrogen) atoms. The average Bonchev–Trinajstić information content (AvgIpc) is 2.63. The highest BCUT2D eigenvalue weighted by Crippen LogP contribution is 2.24. The fraction of sp³-hybridized carbons (Fsp3) is 0.591. The maximum Gasteiger partial charge on any atom is 0.408 e. The molecule has 7 nitrogen and oxygen atoms in total. The predicted octanol–water partition coefficient (Wildman–Crippen LogP) is 3.41. The van der Waals surface area contributed by atoms with Gasteiger partial charge in [-0.25, -0.2) is 4.79 Å². The normalized spacial score (nSPS) is 12.2. The number of nitrogens with zero attached hydrogens (tertiary/aromatic N) is 1. The highest BCUT2D eigenvalue weighted by molar-refractivity contribution is 5.90. The molecular formula is C22H35N3O4. The fourth-order valence-electron chi connectivity index (χ4n) is 2.84. The maximum atomic E-state index is 13.0. The van der Waals surface area contributed by atoms with Crippen LogP contribution in [-0.4, -0.2) is 47.5 Å². The minimum absolute atomic E-state index is 0.232. The zero-order chi connectivity index (χ0) is 22.0. The van der Waals surface area contributed by atoms with Crippen molar-refractivity contribution >= 4 is 17.9 Å². The van der Waals surface area contributed by atoms with Crippen LogP contribution < -0.4 is 10.6 Å². The van der Waals surface area contributed by atoms with Crippen LogP contribution in [0.3, 0.4) is 0 Å². The molecular weight excluding hydrogens is 370 g/mol. The van der Waals surface area contributed by atoms with Gasteiger partial charge in [0, 0.05) is 12.6 Å². The smallest absolute Gasteiger partial charge is 0.408 e. The van der Waals surface area contributed by atoms with Gasteiger partial charge in [0.1, 0.15) is 18.2 Å². The molecule has 2 N–H and O–H groups in total. The van der Waals surface area contributed by atoms with Crippen LogP contribution in [0.5, 0.6) is 0 Å². The van der Waals surface area contributed by atoms with Crippen LogP contribution in [0.2, 0.25) is 0 Å². The summed E-state index contributed by atoms with van der Waals surface area (Å²) in [5, 5.41) is 5.41. The van der Waals surface area contributed by atoms with Gasteiger partial charge in [-0.3, -0.25) is 9.59 Å². The summed E-state index contributed by atoms with van der Waals surface area (Å²) in [7, 11) is 0. The molecule has 0 spiro atoms. The summed E-state index contributed by atoms with van der Waals surface area (Å²) in [4.78, 5) is 39.4. The third kappa shape index (κ3) is 8.54. The molecule has 7 heteroatoms. The number of hydrogen-bond acceptors (Lipinski definition) is 4. The molecule has 162 valence electrons. The zero-order valence-electron chi connectivity index (χ0n) is 18.5. The van der Waals surface area contributed by atoms with Gasteiger partial charge in [0.15, 0.2) is 0 Å². The van der Waals surface area contributed by atoms with Crippen LogP contribution in [-0.2, 0) is 14.3 Å². The molecule has 0 bridgehead atoms. The van der Waals surface area contributed by atoms with Crippen molar-refractivity contribution in [1.82, 2.24) is 15.5 Å². The SMILES string of the molecule is CCCCNC(=O)C(c1ccccc1)N(C(=O)CNC(=O)OC(C)(C)C)C(C)C. The van der Waals surface area contributed by atoms with E-state index in [1.165, 1.54) is 4.90 Å². The van der Waals surface area contributed by atoms with Gasteiger partial charge in [0.25, 0.3) is 0 Å². The summed E-state index contributed by atoms with van der Waals surface area (Å²) in [6.45, 7) is 11.3. The molecule has 0 saturated carbocycles. The summed E-state index contributed by atoms with van der Waals surface area (Å²) in [5.41, 5.74) is 0.0668. The van der Waals surface area contributed by atoms with Gasteiger partial charge in [-0.15, -0.1) is 0 Å². The minimum atomic E-state index is -0.777. The van der Waals surface area contributed by atoms with Gasteiger partial charge < -0.3 is 20.3 Å². The van der Waals surface area contributed by atoms with Gasteiger partial charge in [0.05, 0.1) is 0 Å². The second-order valence-electron chi connectivity index (χ2n) is 8.21. The van der Waals surface area contributed by atoms with E-state index in [4.69, 9.17) is 4.74 Å². The summed E-state index contributed by atoms with van der Waals surface area (Å²) >= 11 is 0. The van der Waals surface area contributed by atoms with Crippen molar-refractivity contribution in [3.63, 3.8) is 0 Å². The Hall–Kier alpha value is -2.57. The van der Waals surface area contributed by atoms with E-state index >= 15 is 0 Å². The number of rotatable bonds is 9. The Morgan fingerprint density at radius 3 is 2.21 bits per heavy atom. The van der Waals surface area contributed by atoms with Crippen molar-refractivity contribution in [3.05, 3.63) is 35.9 Å². The number of amides is 3. The van der Waals surface area contributed by atoms with E-state index in [-0.39, 0.29) is 24.4 Å². The lowest BCUT2D eigenvalue weighted by molar-refractivity contribution is -0.142. The number of benzene rings is 1. The standard InChI is InChI=1S/C22H35N3O4/c1-7-8-14-23-20(27)19(17-12-10-9-11-13-17)25(16(2)3)18(26)15-24-21(28)29-22(4,5)6/h9-13,16,19H,7-8,14-15H2,1-6H3,(H,23,27)(H,24,28). The van der Waals surface area contributed by atoms with Crippen LogP contribution in [0.15, 0.2) is 30.3 Å². The maximum absolute atomic E-state index is 13.0. The molecule has 1 unspecified atom stereocenters. The van der Waals surface area contributed by atoms with E-state index in [9.17, 15) is 14.4 Å². The first-order valence-corrected chi connectivity index (χ1v) is 10.2. The molecule has 1 aromatic carbocycles. The molecule has 0 heterocycles. The largest absolute Gasteiger partial charge is 0.444 e. The quantitative estimate of drug-likeness (QED) is 0.616. The lowest BCUT2D eigenvalue weighted by Crippen LogP contribution is -2.50. The summed E-state index contributed by atoms with van der Waals surface area (Å²) in [6.07, 6.45) is 1.16. The second kappa shape index (κ2) is 11.4. The summed E-state index contributed by atoms with van der Waals surface area (Å²) in [6, 6.07) is 8.17. The number of nitrogens with one attached hydrogen (secondary N) is 2. The zero-order valence-corrected chi connectivity index (χ0v) is 18.5. The van der Waals surface area contributed by atoms with Crippen molar-refractivity contribution in [1.29, 1.82) is 0 Å². The molecule has 0 saturated heterocycles. The van der Waals surface area contributed by atoms with E-state index in [1.807, 2.05) is 51.1 Å². The van der Waals surface area contributed by atoms with E-state index in [0.29, 0.717) is 6.54 Å². The topological polar surface area (TPSA) is 87.7 Å². The Balaban J connectivity index is 3.02. The molecule has 3 amide bonds. The van der Waals surface area contributed by atoms with Gasteiger partial charge >= 0.3 is 6.09 Å². The molecule has 0 aliphatic heterocycles. The number of carbonyl (C=O) groups is 3. The Labute approximate surface area is 174 Å². The molecule has 0 aliphatic rings. The van der Waals surface area contributed by atoms with Crippen molar-refractivity contribution in [2.75, 3.05) is 13.1 Å². The molecule has 1 atom stereocenters. The Bertz CT molecular complexity index is 668. The highest BCUT2D eigenvalue weighted by Gasteiger charge is 2.33. The van der Waals surface area contributed by atoms with Crippen LogP contribution in [0.25, 0.3) is 0 Å². The molecule has 1 rings (SSSR count). The number of carbonyl (C=O) groups excluding carboxylic acids is 3. The third-order valence-electron chi connectivity index (χ3n) is 4.10. The van der Waals surface area contributed by atoms with Crippen molar-refractivity contribution in [3.8, 4) is 0 Å². The number of ether oxygens (including phenoxy) is 1. The fourth-order valence-corrected chi connectivity index (χ4v) is 2.84. The molecule has 0 radical (unpaired) electrons. The number of alkyl carbamates (subject to hydrolysis) is 1. The van der Waals surface area contributed by atoms with Gasteiger partial charge in [-0.05, 0) is 46.6 Å². The van der Waals surface area contributed by atoms with Crippen LogP contribution in [0, 0.1) is 0 Å². The van der Waals surface area contributed by atoms with Gasteiger partial charge in [-0.2, -0.15) is 0 Å². The van der Waals surface area contributed by atoms with Gasteiger partial charge in [0.2, 0.25) is 11.8 Å². The second-order valence-corrected chi connectivity index (χ2v) is 8.21. The van der Waals surface area contributed by atoms with Crippen molar-refractivity contribution < 1.29 is 19.1 Å². The van der Waals surface area contributed by atoms with Crippen LogP contribution in [0.4, 0.5) is 4.79 Å². The molecule has 1 aromatic rings. The predicted molar refractivity (Wildman–Crippen MR) is 113 cm³/mol. The Morgan fingerprint density at radius 1 is 1.07 bits per heavy atom. The highest BCUT2D eigenvalue weighted by atomic mass is 16.6. The van der Waals surface area contributed by atoms with E-state index < -0.39 is 17.7 Å². The lowest BCUT2D eigenvalue weighted by atomic mass is 10.0. The average molecular weight is 406 g/mol. The number of unbranched alkanes of at least 4 members (excludes halogenated alkanes) is 1. The van der Waals surface area contributed by atoms with Crippen LogP contribution in [0.1, 0.15) is 66.0 Å².